The average molecular weight is 288 g/mol. The van der Waals surface area contributed by atoms with Crippen LogP contribution >= 0.6 is 11.3 Å². The van der Waals surface area contributed by atoms with E-state index in [0.717, 1.165) is 12.1 Å². The van der Waals surface area contributed by atoms with Crippen molar-refractivity contribution in [2.75, 3.05) is 6.54 Å². The van der Waals surface area contributed by atoms with Crippen molar-refractivity contribution in [3.05, 3.63) is 28.8 Å². The van der Waals surface area contributed by atoms with E-state index in [0.29, 0.717) is 5.92 Å². The van der Waals surface area contributed by atoms with Gasteiger partial charge in [-0.2, -0.15) is 0 Å². The third-order valence-electron chi connectivity index (χ3n) is 4.71. The highest BCUT2D eigenvalue weighted by molar-refractivity contribution is 7.18. The fraction of sp³-hybridized carbons (Fsp3) is 0.588. The summed E-state index contributed by atoms with van der Waals surface area (Å²) >= 11 is 1.84. The summed E-state index contributed by atoms with van der Waals surface area (Å²) in [7, 11) is 0. The SMILES string of the molecule is CC(C)c1nc2ccc(C3(CN)CCCCC3)cc2s1. The van der Waals surface area contributed by atoms with Crippen molar-refractivity contribution < 1.29 is 0 Å². The zero-order chi connectivity index (χ0) is 14.2. The maximum absolute atomic E-state index is 6.16. The number of thiazole rings is 1. The Morgan fingerprint density at radius 3 is 2.65 bits per heavy atom. The summed E-state index contributed by atoms with van der Waals surface area (Å²) in [5.74, 6) is 0.508. The lowest BCUT2D eigenvalue weighted by Crippen LogP contribution is -2.37. The molecular weight excluding hydrogens is 264 g/mol. The number of benzene rings is 1. The second-order valence-corrected chi connectivity index (χ2v) is 7.50. The van der Waals surface area contributed by atoms with Crippen LogP contribution in [0.2, 0.25) is 0 Å². The molecule has 0 amide bonds. The van der Waals surface area contributed by atoms with E-state index in [-0.39, 0.29) is 5.41 Å². The van der Waals surface area contributed by atoms with Gasteiger partial charge in [0, 0.05) is 17.9 Å². The van der Waals surface area contributed by atoms with Gasteiger partial charge in [-0.05, 0) is 30.5 Å². The first-order valence-electron chi connectivity index (χ1n) is 7.76. The predicted octanol–water partition coefficient (Wildman–Crippen LogP) is 4.58. The first-order valence-corrected chi connectivity index (χ1v) is 8.57. The summed E-state index contributed by atoms with van der Waals surface area (Å²) in [5.41, 5.74) is 8.95. The van der Waals surface area contributed by atoms with Crippen LogP contribution in [0.5, 0.6) is 0 Å². The summed E-state index contributed by atoms with van der Waals surface area (Å²) in [4.78, 5) is 4.73. The third kappa shape index (κ3) is 2.38. The number of hydrogen-bond donors (Lipinski definition) is 1. The Morgan fingerprint density at radius 2 is 2.00 bits per heavy atom. The van der Waals surface area contributed by atoms with Gasteiger partial charge >= 0.3 is 0 Å². The van der Waals surface area contributed by atoms with Gasteiger partial charge in [0.25, 0.3) is 0 Å². The van der Waals surface area contributed by atoms with Crippen molar-refractivity contribution in [3.63, 3.8) is 0 Å². The molecule has 3 rings (SSSR count). The number of aromatic nitrogens is 1. The molecule has 2 N–H and O–H groups in total. The molecular formula is C17H24N2S. The topological polar surface area (TPSA) is 38.9 Å². The number of fused-ring (bicyclic) bond motifs is 1. The van der Waals surface area contributed by atoms with Crippen molar-refractivity contribution in [2.45, 2.75) is 57.3 Å². The number of rotatable bonds is 3. The molecule has 0 atom stereocenters. The van der Waals surface area contributed by atoms with Crippen LogP contribution in [-0.2, 0) is 5.41 Å². The smallest absolute Gasteiger partial charge is 0.0963 e. The molecule has 108 valence electrons. The molecule has 1 aliphatic carbocycles. The van der Waals surface area contributed by atoms with Crippen LogP contribution in [0.15, 0.2) is 18.2 Å². The normalized spacial score (nSPS) is 18.8. The maximum atomic E-state index is 6.16. The van der Waals surface area contributed by atoms with Crippen LogP contribution in [-0.4, -0.2) is 11.5 Å². The Bertz CT molecular complexity index is 594. The molecule has 0 bridgehead atoms. The second kappa shape index (κ2) is 5.45. The van der Waals surface area contributed by atoms with Crippen molar-refractivity contribution in [2.24, 2.45) is 5.73 Å². The number of hydrogen-bond acceptors (Lipinski definition) is 3. The molecule has 2 aromatic rings. The molecule has 1 fully saturated rings. The van der Waals surface area contributed by atoms with Crippen LogP contribution in [0.4, 0.5) is 0 Å². The Kier molecular flexibility index (Phi) is 3.83. The molecule has 3 heteroatoms. The van der Waals surface area contributed by atoms with Crippen molar-refractivity contribution in [1.29, 1.82) is 0 Å². The molecule has 0 spiro atoms. The Labute approximate surface area is 125 Å². The van der Waals surface area contributed by atoms with Crippen molar-refractivity contribution >= 4 is 21.6 Å². The summed E-state index contributed by atoms with van der Waals surface area (Å²) in [6.45, 7) is 5.19. The van der Waals surface area contributed by atoms with E-state index >= 15 is 0 Å². The minimum Gasteiger partial charge on any atom is -0.330 e. The van der Waals surface area contributed by atoms with Gasteiger partial charge < -0.3 is 5.73 Å². The van der Waals surface area contributed by atoms with Crippen molar-refractivity contribution in [1.82, 2.24) is 4.98 Å². The Hall–Kier alpha value is -0.930. The monoisotopic (exact) mass is 288 g/mol. The van der Waals surface area contributed by atoms with E-state index in [9.17, 15) is 0 Å². The lowest BCUT2D eigenvalue weighted by molar-refractivity contribution is 0.301. The van der Waals surface area contributed by atoms with Crippen molar-refractivity contribution in [3.8, 4) is 0 Å². The fourth-order valence-electron chi connectivity index (χ4n) is 3.36. The molecule has 20 heavy (non-hydrogen) atoms. The van der Waals surface area contributed by atoms with Gasteiger partial charge in [0.2, 0.25) is 0 Å². The molecule has 1 aromatic heterocycles. The van der Waals surface area contributed by atoms with E-state index in [1.165, 1.54) is 47.4 Å². The highest BCUT2D eigenvalue weighted by atomic mass is 32.1. The molecule has 1 saturated carbocycles. The molecule has 0 saturated heterocycles. The Balaban J connectivity index is 2.02. The quantitative estimate of drug-likeness (QED) is 0.897. The largest absolute Gasteiger partial charge is 0.330 e. The molecule has 0 unspecified atom stereocenters. The van der Waals surface area contributed by atoms with E-state index in [2.05, 4.69) is 32.0 Å². The zero-order valence-corrected chi connectivity index (χ0v) is 13.3. The standard InChI is InChI=1S/C17H24N2S/c1-12(2)16-19-14-7-6-13(10-15(14)20-16)17(11-18)8-4-3-5-9-17/h6-7,10,12H,3-5,8-9,11,18H2,1-2H3. The summed E-state index contributed by atoms with van der Waals surface area (Å²) in [6.07, 6.45) is 6.47. The van der Waals surface area contributed by atoms with Gasteiger partial charge in [-0.3, -0.25) is 0 Å². The van der Waals surface area contributed by atoms with E-state index in [4.69, 9.17) is 10.7 Å². The third-order valence-corrected chi connectivity index (χ3v) is 6.03. The van der Waals surface area contributed by atoms with Gasteiger partial charge in [0.1, 0.15) is 0 Å². The molecule has 0 aliphatic heterocycles. The van der Waals surface area contributed by atoms with Crippen LogP contribution in [0.1, 0.15) is 62.4 Å². The highest BCUT2D eigenvalue weighted by Crippen LogP contribution is 2.40. The zero-order valence-electron chi connectivity index (χ0n) is 12.5. The lowest BCUT2D eigenvalue weighted by Gasteiger charge is -2.36. The van der Waals surface area contributed by atoms with E-state index < -0.39 is 0 Å². The minimum atomic E-state index is 0.217. The van der Waals surface area contributed by atoms with Gasteiger partial charge in [0.15, 0.2) is 0 Å². The molecule has 2 nitrogen and oxygen atoms in total. The van der Waals surface area contributed by atoms with Crippen LogP contribution in [0, 0.1) is 0 Å². The lowest BCUT2D eigenvalue weighted by atomic mass is 9.69. The van der Waals surface area contributed by atoms with Crippen LogP contribution < -0.4 is 5.73 Å². The average Bonchev–Trinajstić information content (AvgIpc) is 2.91. The molecule has 1 aromatic carbocycles. The molecule has 0 radical (unpaired) electrons. The number of nitrogens with zero attached hydrogens (tertiary/aromatic N) is 1. The fourth-order valence-corrected chi connectivity index (χ4v) is 4.37. The van der Waals surface area contributed by atoms with E-state index in [1.54, 1.807) is 0 Å². The van der Waals surface area contributed by atoms with Crippen LogP contribution in [0.3, 0.4) is 0 Å². The molecule has 1 heterocycles. The first kappa shape index (κ1) is 14.0. The highest BCUT2D eigenvalue weighted by Gasteiger charge is 2.32. The summed E-state index contributed by atoms with van der Waals surface area (Å²) < 4.78 is 1.32. The molecule has 1 aliphatic rings. The van der Waals surface area contributed by atoms with Gasteiger partial charge in [0.05, 0.1) is 15.2 Å². The number of nitrogens with two attached hydrogens (primary N) is 1. The van der Waals surface area contributed by atoms with Gasteiger partial charge in [-0.1, -0.05) is 39.2 Å². The Morgan fingerprint density at radius 1 is 1.25 bits per heavy atom. The second-order valence-electron chi connectivity index (χ2n) is 6.43. The first-order chi connectivity index (χ1) is 9.64. The maximum Gasteiger partial charge on any atom is 0.0963 e. The summed E-state index contributed by atoms with van der Waals surface area (Å²) in [6, 6.07) is 6.82. The summed E-state index contributed by atoms with van der Waals surface area (Å²) in [5, 5.41) is 1.24. The minimum absolute atomic E-state index is 0.217. The van der Waals surface area contributed by atoms with Gasteiger partial charge in [-0.25, -0.2) is 4.98 Å². The predicted molar refractivity (Wildman–Crippen MR) is 87.5 cm³/mol. The van der Waals surface area contributed by atoms with Gasteiger partial charge in [-0.15, -0.1) is 11.3 Å². The van der Waals surface area contributed by atoms with Crippen LogP contribution in [0.25, 0.3) is 10.2 Å². The van der Waals surface area contributed by atoms with E-state index in [1.807, 2.05) is 11.3 Å².